The molecular formula is C24H27N3O3S. The van der Waals surface area contributed by atoms with Crippen molar-refractivity contribution in [2.45, 2.75) is 40.2 Å². The number of carbonyl (C=O) groups is 2. The van der Waals surface area contributed by atoms with E-state index < -0.39 is 11.7 Å². The summed E-state index contributed by atoms with van der Waals surface area (Å²) >= 11 is 1.64. The Kier molecular flexibility index (Phi) is 5.56. The molecule has 1 aliphatic heterocycles. The number of aromatic nitrogens is 2. The van der Waals surface area contributed by atoms with E-state index in [2.05, 4.69) is 9.29 Å². The fraction of sp³-hybridized carbons (Fsp3) is 0.375. The van der Waals surface area contributed by atoms with Crippen molar-refractivity contribution in [3.8, 4) is 0 Å². The quantitative estimate of drug-likeness (QED) is 0.404. The fourth-order valence-electron chi connectivity index (χ4n) is 3.92. The highest BCUT2D eigenvalue weighted by Crippen LogP contribution is 2.36. The summed E-state index contributed by atoms with van der Waals surface area (Å²) in [4.78, 5) is 30.8. The van der Waals surface area contributed by atoms with Crippen LogP contribution in [0.2, 0.25) is 0 Å². The third kappa shape index (κ3) is 4.19. The number of pyridine rings is 1. The highest BCUT2D eigenvalue weighted by molar-refractivity contribution is 8.00. The van der Waals surface area contributed by atoms with Gasteiger partial charge in [0, 0.05) is 35.1 Å². The molecule has 1 aliphatic rings. The molecule has 0 saturated carbocycles. The van der Waals surface area contributed by atoms with Crippen LogP contribution >= 0.6 is 11.9 Å². The summed E-state index contributed by atoms with van der Waals surface area (Å²) in [6, 6.07) is 9.72. The largest absolute Gasteiger partial charge is 0.443 e. The molecule has 0 amide bonds. The van der Waals surface area contributed by atoms with E-state index in [0.717, 1.165) is 16.6 Å². The first-order valence-electron chi connectivity index (χ1n) is 10.4. The smallest absolute Gasteiger partial charge is 0.419 e. The maximum absolute atomic E-state index is 13.7. The predicted molar refractivity (Wildman–Crippen MR) is 125 cm³/mol. The Morgan fingerprint density at radius 2 is 1.97 bits per heavy atom. The van der Waals surface area contributed by atoms with E-state index in [-0.39, 0.29) is 11.7 Å². The molecule has 0 aliphatic carbocycles. The second kappa shape index (κ2) is 8.04. The number of anilines is 1. The van der Waals surface area contributed by atoms with Gasteiger partial charge in [-0.3, -0.25) is 9.78 Å². The third-order valence-corrected chi connectivity index (χ3v) is 6.53. The molecule has 6 nitrogen and oxygen atoms in total. The van der Waals surface area contributed by atoms with E-state index in [0.29, 0.717) is 29.1 Å². The van der Waals surface area contributed by atoms with Gasteiger partial charge < -0.3 is 9.04 Å². The molecule has 1 atom stereocenters. The number of hydrogen-bond acceptors (Lipinski definition) is 6. The lowest BCUT2D eigenvalue weighted by molar-refractivity contribution is 0.0541. The maximum Gasteiger partial charge on any atom is 0.419 e. The first kappa shape index (κ1) is 21.4. The first-order valence-corrected chi connectivity index (χ1v) is 11.3. The lowest BCUT2D eigenvalue weighted by Gasteiger charge is -2.20. The maximum atomic E-state index is 13.7. The monoisotopic (exact) mass is 437 g/mol. The number of carbonyl (C=O) groups excluding carboxylic acids is 2. The van der Waals surface area contributed by atoms with Gasteiger partial charge >= 0.3 is 6.09 Å². The van der Waals surface area contributed by atoms with Gasteiger partial charge in [0.05, 0.1) is 23.3 Å². The Bertz CT molecular complexity index is 1150. The Morgan fingerprint density at radius 3 is 2.65 bits per heavy atom. The molecule has 3 heterocycles. The standard InChI is InChI=1S/C24H27N3O3S/c1-15-8-9-20-19(11-15)21(16(2)27(20)23(29)30-24(3,4)5)22(28)17-13-26(31-14-17)18-7-6-10-25-12-18/h6-12,17H,13-14H2,1-5H3. The minimum absolute atomic E-state index is 0.0642. The van der Waals surface area contributed by atoms with Gasteiger partial charge in [-0.1, -0.05) is 11.6 Å². The van der Waals surface area contributed by atoms with Gasteiger partial charge in [-0.2, -0.15) is 0 Å². The number of nitrogens with zero attached hydrogens (tertiary/aromatic N) is 3. The number of hydrogen-bond donors (Lipinski definition) is 0. The third-order valence-electron chi connectivity index (χ3n) is 5.30. The highest BCUT2D eigenvalue weighted by Gasteiger charge is 2.34. The van der Waals surface area contributed by atoms with Crippen LogP contribution in [-0.4, -0.2) is 39.3 Å². The minimum Gasteiger partial charge on any atom is -0.443 e. The predicted octanol–water partition coefficient (Wildman–Crippen LogP) is 5.40. The lowest BCUT2D eigenvalue weighted by atomic mass is 9.96. The molecule has 7 heteroatoms. The Hall–Kier alpha value is -2.80. The van der Waals surface area contributed by atoms with Crippen LogP contribution in [-0.2, 0) is 4.74 Å². The zero-order valence-corrected chi connectivity index (χ0v) is 19.3. The van der Waals surface area contributed by atoms with Crippen molar-refractivity contribution in [1.29, 1.82) is 0 Å². The van der Waals surface area contributed by atoms with Gasteiger partial charge in [0.2, 0.25) is 0 Å². The number of fused-ring (bicyclic) bond motifs is 1. The van der Waals surface area contributed by atoms with Crippen LogP contribution in [0.25, 0.3) is 10.9 Å². The Balaban J connectivity index is 1.72. The van der Waals surface area contributed by atoms with Crippen LogP contribution in [0.1, 0.15) is 42.4 Å². The van der Waals surface area contributed by atoms with E-state index in [1.807, 2.05) is 71.1 Å². The van der Waals surface area contributed by atoms with Gasteiger partial charge in [0.1, 0.15) is 5.60 Å². The van der Waals surface area contributed by atoms with Gasteiger partial charge in [0.25, 0.3) is 0 Å². The van der Waals surface area contributed by atoms with Gasteiger partial charge in [0.15, 0.2) is 5.78 Å². The number of Topliss-reactive ketones (excluding diaryl/α,β-unsaturated/α-hetero) is 1. The molecule has 2 aromatic heterocycles. The average molecular weight is 438 g/mol. The van der Waals surface area contributed by atoms with E-state index in [1.54, 1.807) is 18.1 Å². The van der Waals surface area contributed by atoms with Crippen molar-refractivity contribution in [2.24, 2.45) is 5.92 Å². The summed E-state index contributed by atoms with van der Waals surface area (Å²) in [5, 5.41) is 0.804. The zero-order valence-electron chi connectivity index (χ0n) is 18.5. The van der Waals surface area contributed by atoms with Crippen molar-refractivity contribution < 1.29 is 14.3 Å². The van der Waals surface area contributed by atoms with Gasteiger partial charge in [-0.15, -0.1) is 0 Å². The van der Waals surface area contributed by atoms with E-state index >= 15 is 0 Å². The van der Waals surface area contributed by atoms with Crippen LogP contribution < -0.4 is 4.31 Å². The fourth-order valence-corrected chi connectivity index (χ4v) is 5.07. The molecule has 1 fully saturated rings. The van der Waals surface area contributed by atoms with Crippen molar-refractivity contribution >= 4 is 40.4 Å². The molecule has 0 spiro atoms. The van der Waals surface area contributed by atoms with E-state index in [1.165, 1.54) is 4.57 Å². The van der Waals surface area contributed by atoms with Crippen molar-refractivity contribution in [2.75, 3.05) is 16.6 Å². The molecule has 1 saturated heterocycles. The summed E-state index contributed by atoms with van der Waals surface area (Å²) in [5.41, 5.74) is 3.36. The molecule has 31 heavy (non-hydrogen) atoms. The molecule has 4 rings (SSSR count). The van der Waals surface area contributed by atoms with Crippen molar-refractivity contribution in [3.63, 3.8) is 0 Å². The van der Waals surface area contributed by atoms with Crippen LogP contribution in [0.15, 0.2) is 42.7 Å². The Morgan fingerprint density at radius 1 is 1.19 bits per heavy atom. The number of ether oxygens (including phenoxy) is 1. The van der Waals surface area contributed by atoms with E-state index in [9.17, 15) is 9.59 Å². The summed E-state index contributed by atoms with van der Waals surface area (Å²) < 4.78 is 9.28. The normalized spacial score (nSPS) is 16.7. The van der Waals surface area contributed by atoms with Crippen molar-refractivity contribution in [3.05, 3.63) is 59.5 Å². The number of benzene rings is 1. The second-order valence-corrected chi connectivity index (χ2v) is 9.96. The minimum atomic E-state index is -0.624. The number of aryl methyl sites for hydroxylation is 1. The number of rotatable bonds is 3. The second-order valence-electron chi connectivity index (χ2n) is 8.93. The van der Waals surface area contributed by atoms with Crippen molar-refractivity contribution in [1.82, 2.24) is 9.55 Å². The van der Waals surface area contributed by atoms with E-state index in [4.69, 9.17) is 4.74 Å². The van der Waals surface area contributed by atoms with Crippen LogP contribution in [0.5, 0.6) is 0 Å². The number of ketones is 1. The zero-order chi connectivity index (χ0) is 22.3. The lowest BCUT2D eigenvalue weighted by Crippen LogP contribution is -2.28. The summed E-state index contributed by atoms with van der Waals surface area (Å²) in [6.45, 7) is 9.94. The molecule has 0 bridgehead atoms. The summed E-state index contributed by atoms with van der Waals surface area (Å²) in [5.74, 6) is 0.592. The molecule has 3 aromatic rings. The first-order chi connectivity index (χ1) is 14.7. The molecule has 1 unspecified atom stereocenters. The van der Waals surface area contributed by atoms with Gasteiger partial charge in [-0.25, -0.2) is 9.36 Å². The van der Waals surface area contributed by atoms with Crippen LogP contribution in [0.3, 0.4) is 0 Å². The molecule has 1 aromatic carbocycles. The molecule has 0 radical (unpaired) electrons. The SMILES string of the molecule is Cc1ccc2c(c1)c(C(=O)C1CSN(c3cccnc3)C1)c(C)n2C(=O)OC(C)(C)C. The molecular weight excluding hydrogens is 410 g/mol. The van der Waals surface area contributed by atoms with Gasteiger partial charge in [-0.05, 0) is 70.8 Å². The Labute approximate surface area is 186 Å². The molecule has 162 valence electrons. The van der Waals surface area contributed by atoms with Crippen LogP contribution in [0, 0.1) is 19.8 Å². The summed E-state index contributed by atoms with van der Waals surface area (Å²) in [6.07, 6.45) is 3.09. The van der Waals surface area contributed by atoms with Crippen LogP contribution in [0.4, 0.5) is 10.5 Å². The topological polar surface area (TPSA) is 64.4 Å². The molecule has 0 N–H and O–H groups in total. The summed E-state index contributed by atoms with van der Waals surface area (Å²) in [7, 11) is 0. The highest BCUT2D eigenvalue weighted by atomic mass is 32.2. The average Bonchev–Trinajstić information content (AvgIpc) is 3.29.